The molecule has 20 heavy (non-hydrogen) atoms. The summed E-state index contributed by atoms with van der Waals surface area (Å²) in [6.45, 7) is 11.3. The van der Waals surface area contributed by atoms with Gasteiger partial charge in [-0.15, -0.1) is 0 Å². The summed E-state index contributed by atoms with van der Waals surface area (Å²) < 4.78 is 24.6. The number of rotatable bonds is 5. The first-order chi connectivity index (χ1) is 9.06. The normalized spacial score (nSPS) is 14.2. The van der Waals surface area contributed by atoms with Crippen LogP contribution in [0, 0.1) is 5.82 Å². The van der Waals surface area contributed by atoms with Gasteiger partial charge in [0.2, 0.25) is 0 Å². The van der Waals surface area contributed by atoms with E-state index < -0.39 is 8.32 Å². The first-order valence-corrected chi connectivity index (χ1v) is 9.71. The Kier molecular flexibility index (Phi) is 5.35. The van der Waals surface area contributed by atoms with Crippen LogP contribution in [0.3, 0.4) is 0 Å². The lowest BCUT2D eigenvalue weighted by atomic mass is 10.1. The van der Waals surface area contributed by atoms with E-state index in [1.165, 1.54) is 19.2 Å². The van der Waals surface area contributed by atoms with Gasteiger partial charge >= 0.3 is 0 Å². The third-order valence-corrected chi connectivity index (χ3v) is 8.49. The minimum atomic E-state index is -1.84. The number of halogens is 1. The molecule has 0 heterocycles. The van der Waals surface area contributed by atoms with Gasteiger partial charge in [0.1, 0.15) is 11.6 Å². The highest BCUT2D eigenvalue weighted by atomic mass is 28.4. The Hall–Kier alpha value is -0.913. The van der Waals surface area contributed by atoms with Crippen molar-refractivity contribution >= 4 is 8.32 Å². The maximum Gasteiger partial charge on any atom is 0.192 e. The molecule has 0 aliphatic heterocycles. The smallest absolute Gasteiger partial charge is 0.192 e. The molecule has 1 atom stereocenters. The van der Waals surface area contributed by atoms with E-state index in [1.54, 1.807) is 6.07 Å². The summed E-state index contributed by atoms with van der Waals surface area (Å²) in [5.74, 6) is 0.130. The molecule has 1 rings (SSSR count). The van der Waals surface area contributed by atoms with E-state index in [-0.39, 0.29) is 16.9 Å². The molecule has 0 fully saturated rings. The maximum atomic E-state index is 13.5. The van der Waals surface area contributed by atoms with Crippen molar-refractivity contribution in [3.63, 3.8) is 0 Å². The van der Waals surface area contributed by atoms with Gasteiger partial charge in [0.15, 0.2) is 8.32 Å². The standard InChI is InChI=1S/C15H26FNO2Si/c1-15(2,3)20(5,6)19-10-14(17)11-7-12(16)9-13(8-11)18-4/h7-9,14H,10,17H2,1-6H3. The summed E-state index contributed by atoms with van der Waals surface area (Å²) in [7, 11) is -0.331. The molecule has 114 valence electrons. The quantitative estimate of drug-likeness (QED) is 0.840. The van der Waals surface area contributed by atoms with Crippen LogP contribution in [0.15, 0.2) is 18.2 Å². The second-order valence-corrected chi connectivity index (χ2v) is 11.4. The van der Waals surface area contributed by atoms with E-state index in [4.69, 9.17) is 14.9 Å². The number of hydrogen-bond acceptors (Lipinski definition) is 3. The lowest BCUT2D eigenvalue weighted by Crippen LogP contribution is -2.42. The zero-order chi connectivity index (χ0) is 15.6. The lowest BCUT2D eigenvalue weighted by molar-refractivity contribution is 0.264. The van der Waals surface area contributed by atoms with Gasteiger partial charge in [-0.2, -0.15) is 0 Å². The molecule has 0 saturated heterocycles. The fraction of sp³-hybridized carbons (Fsp3) is 0.600. The Morgan fingerprint density at radius 1 is 1.25 bits per heavy atom. The molecule has 2 N–H and O–H groups in total. The molecule has 0 saturated carbocycles. The molecule has 1 aromatic carbocycles. The minimum absolute atomic E-state index is 0.131. The van der Waals surface area contributed by atoms with Crippen molar-refractivity contribution in [3.8, 4) is 5.75 Å². The minimum Gasteiger partial charge on any atom is -0.497 e. The molecule has 0 amide bonds. The fourth-order valence-electron chi connectivity index (χ4n) is 1.53. The van der Waals surface area contributed by atoms with E-state index in [9.17, 15) is 4.39 Å². The molecule has 0 aliphatic rings. The highest BCUT2D eigenvalue weighted by molar-refractivity contribution is 6.74. The van der Waals surface area contributed by atoms with Crippen molar-refractivity contribution in [1.29, 1.82) is 0 Å². The van der Waals surface area contributed by atoms with Crippen LogP contribution in [0.4, 0.5) is 4.39 Å². The predicted molar refractivity (Wildman–Crippen MR) is 83.0 cm³/mol. The van der Waals surface area contributed by atoms with Gasteiger partial charge in [-0.3, -0.25) is 0 Å². The molecule has 0 aromatic heterocycles. The van der Waals surface area contributed by atoms with Gasteiger partial charge in [0.25, 0.3) is 0 Å². The van der Waals surface area contributed by atoms with Crippen LogP contribution in [0.2, 0.25) is 18.1 Å². The van der Waals surface area contributed by atoms with Crippen molar-refractivity contribution in [3.05, 3.63) is 29.6 Å². The molecule has 0 spiro atoms. The third kappa shape index (κ3) is 4.29. The van der Waals surface area contributed by atoms with Crippen LogP contribution in [-0.4, -0.2) is 22.0 Å². The van der Waals surface area contributed by atoms with Gasteiger partial charge in [-0.25, -0.2) is 4.39 Å². The van der Waals surface area contributed by atoms with E-state index in [2.05, 4.69) is 33.9 Å². The molecular weight excluding hydrogens is 273 g/mol. The molecule has 0 bridgehead atoms. The Labute approximate surface area is 122 Å². The average molecular weight is 299 g/mol. The van der Waals surface area contributed by atoms with Gasteiger partial charge in [-0.05, 0) is 35.8 Å². The third-order valence-electron chi connectivity index (χ3n) is 3.99. The van der Waals surface area contributed by atoms with Crippen molar-refractivity contribution < 1.29 is 13.6 Å². The summed E-state index contributed by atoms with van der Waals surface area (Å²) in [6, 6.07) is 4.17. The van der Waals surface area contributed by atoms with Gasteiger partial charge < -0.3 is 14.9 Å². The summed E-state index contributed by atoms with van der Waals surface area (Å²) >= 11 is 0. The van der Waals surface area contributed by atoms with Crippen LogP contribution in [0.25, 0.3) is 0 Å². The highest BCUT2D eigenvalue weighted by Gasteiger charge is 2.37. The molecule has 1 unspecified atom stereocenters. The average Bonchev–Trinajstić information content (AvgIpc) is 2.33. The number of methoxy groups -OCH3 is 1. The fourth-order valence-corrected chi connectivity index (χ4v) is 2.56. The van der Waals surface area contributed by atoms with Crippen LogP contribution < -0.4 is 10.5 Å². The van der Waals surface area contributed by atoms with Crippen LogP contribution in [-0.2, 0) is 4.43 Å². The summed E-state index contributed by atoms with van der Waals surface area (Å²) in [6.07, 6.45) is 0. The van der Waals surface area contributed by atoms with Crippen LogP contribution >= 0.6 is 0 Å². The van der Waals surface area contributed by atoms with Gasteiger partial charge in [0.05, 0.1) is 19.8 Å². The predicted octanol–water partition coefficient (Wildman–Crippen LogP) is 3.86. The van der Waals surface area contributed by atoms with Crippen molar-refractivity contribution in [2.45, 2.75) is 44.9 Å². The SMILES string of the molecule is COc1cc(F)cc(C(N)CO[Si](C)(C)C(C)(C)C)c1. The summed E-state index contributed by atoms with van der Waals surface area (Å²) in [4.78, 5) is 0. The van der Waals surface area contributed by atoms with E-state index in [0.717, 1.165) is 0 Å². The van der Waals surface area contributed by atoms with Gasteiger partial charge in [-0.1, -0.05) is 20.8 Å². The Morgan fingerprint density at radius 3 is 2.35 bits per heavy atom. The Bertz CT molecular complexity index is 458. The summed E-state index contributed by atoms with van der Waals surface area (Å²) in [5.41, 5.74) is 6.81. The first kappa shape index (κ1) is 17.1. The zero-order valence-corrected chi connectivity index (χ0v) is 14.3. The lowest BCUT2D eigenvalue weighted by Gasteiger charge is -2.37. The Balaban J connectivity index is 2.77. The Morgan fingerprint density at radius 2 is 1.85 bits per heavy atom. The van der Waals surface area contributed by atoms with Crippen molar-refractivity contribution in [2.24, 2.45) is 5.73 Å². The number of benzene rings is 1. The topological polar surface area (TPSA) is 44.5 Å². The number of ether oxygens (including phenoxy) is 1. The van der Waals surface area contributed by atoms with Crippen LogP contribution in [0.5, 0.6) is 5.75 Å². The zero-order valence-electron chi connectivity index (χ0n) is 13.3. The van der Waals surface area contributed by atoms with E-state index in [0.29, 0.717) is 17.9 Å². The number of hydrogen-bond donors (Lipinski definition) is 1. The van der Waals surface area contributed by atoms with E-state index in [1.807, 2.05) is 0 Å². The molecule has 0 aliphatic carbocycles. The molecule has 0 radical (unpaired) electrons. The highest BCUT2D eigenvalue weighted by Crippen LogP contribution is 2.37. The second kappa shape index (κ2) is 6.24. The largest absolute Gasteiger partial charge is 0.497 e. The summed E-state index contributed by atoms with van der Waals surface area (Å²) in [5, 5.41) is 0.131. The monoisotopic (exact) mass is 299 g/mol. The maximum absolute atomic E-state index is 13.5. The molecule has 5 heteroatoms. The molecule has 3 nitrogen and oxygen atoms in total. The first-order valence-electron chi connectivity index (χ1n) is 6.81. The van der Waals surface area contributed by atoms with Crippen LogP contribution in [0.1, 0.15) is 32.4 Å². The second-order valence-electron chi connectivity index (χ2n) is 6.60. The van der Waals surface area contributed by atoms with Gasteiger partial charge in [0, 0.05) is 6.07 Å². The number of nitrogens with two attached hydrogens (primary N) is 1. The molecular formula is C15H26FNO2Si. The van der Waals surface area contributed by atoms with Crippen molar-refractivity contribution in [1.82, 2.24) is 0 Å². The van der Waals surface area contributed by atoms with Crippen molar-refractivity contribution in [2.75, 3.05) is 13.7 Å². The van der Waals surface area contributed by atoms with E-state index >= 15 is 0 Å². The molecule has 1 aromatic rings.